The Morgan fingerprint density at radius 3 is 2.75 bits per heavy atom. The first kappa shape index (κ1) is 22.9. The molecule has 186 valence electrons. The lowest BCUT2D eigenvalue weighted by Crippen LogP contribution is -2.44. The zero-order valence-corrected chi connectivity index (χ0v) is 20.6. The number of piperazine rings is 1. The van der Waals surface area contributed by atoms with E-state index in [1.165, 1.54) is 41.6 Å². The lowest BCUT2D eigenvalue weighted by molar-refractivity contribution is 0.0915. The quantitative estimate of drug-likeness (QED) is 0.499. The van der Waals surface area contributed by atoms with Gasteiger partial charge >= 0.3 is 0 Å². The average molecular weight is 484 g/mol. The van der Waals surface area contributed by atoms with E-state index < -0.39 is 0 Å². The summed E-state index contributed by atoms with van der Waals surface area (Å²) in [5.41, 5.74) is 7.11. The maximum atomic E-state index is 12.8. The van der Waals surface area contributed by atoms with Crippen LogP contribution in [0.3, 0.4) is 0 Å². The van der Waals surface area contributed by atoms with Gasteiger partial charge in [-0.1, -0.05) is 24.3 Å². The van der Waals surface area contributed by atoms with Crippen molar-refractivity contribution < 1.29 is 9.53 Å². The van der Waals surface area contributed by atoms with Crippen LogP contribution in [-0.2, 0) is 25.8 Å². The second-order valence-corrected chi connectivity index (χ2v) is 9.96. The highest BCUT2D eigenvalue weighted by Crippen LogP contribution is 2.30. The van der Waals surface area contributed by atoms with Crippen LogP contribution in [0.2, 0.25) is 0 Å². The number of pyridine rings is 1. The summed E-state index contributed by atoms with van der Waals surface area (Å²) < 4.78 is 6.04. The molecule has 1 fully saturated rings. The summed E-state index contributed by atoms with van der Waals surface area (Å²) in [5.74, 6) is 1.57. The van der Waals surface area contributed by atoms with Crippen LogP contribution in [0.1, 0.15) is 39.0 Å². The molecule has 6 rings (SSSR count). The first-order chi connectivity index (χ1) is 17.7. The van der Waals surface area contributed by atoms with Gasteiger partial charge in [-0.15, -0.1) is 0 Å². The standard InChI is InChI=1S/C29H33N5O2/c35-29(24-7-9-28(32-18-24)31-17-20-4-5-21-2-1-3-22(21)14-20)33-25-15-23-6-8-26(16-27(23)36-19-25)34-12-10-30-11-13-34/h4-9,14,16,18,25,30H,1-3,10-13,15,17,19H2,(H,31,32)(H,33,35)/t25-/m1/s1. The fraction of sp³-hybridized carbons (Fsp3) is 0.379. The molecule has 1 atom stereocenters. The third kappa shape index (κ3) is 5.02. The summed E-state index contributed by atoms with van der Waals surface area (Å²) >= 11 is 0. The Morgan fingerprint density at radius 1 is 1.03 bits per heavy atom. The second kappa shape index (κ2) is 10.2. The van der Waals surface area contributed by atoms with Gasteiger partial charge in [0, 0.05) is 50.7 Å². The van der Waals surface area contributed by atoms with Gasteiger partial charge in [0.05, 0.1) is 11.6 Å². The molecule has 1 aliphatic carbocycles. The molecular formula is C29H33N5O2. The molecular weight excluding hydrogens is 450 g/mol. The van der Waals surface area contributed by atoms with Crippen molar-refractivity contribution in [1.82, 2.24) is 15.6 Å². The van der Waals surface area contributed by atoms with E-state index in [1.807, 2.05) is 12.1 Å². The number of aromatic nitrogens is 1. The van der Waals surface area contributed by atoms with E-state index in [9.17, 15) is 4.79 Å². The van der Waals surface area contributed by atoms with Crippen molar-refractivity contribution in [2.45, 2.75) is 38.3 Å². The van der Waals surface area contributed by atoms with Crippen molar-refractivity contribution >= 4 is 17.4 Å². The third-order valence-corrected chi connectivity index (χ3v) is 7.44. The molecule has 0 bridgehead atoms. The van der Waals surface area contributed by atoms with Crippen molar-refractivity contribution in [3.05, 3.63) is 82.5 Å². The lowest BCUT2D eigenvalue weighted by atomic mass is 10.0. The summed E-state index contributed by atoms with van der Waals surface area (Å²) in [7, 11) is 0. The number of fused-ring (bicyclic) bond motifs is 2. The summed E-state index contributed by atoms with van der Waals surface area (Å²) in [5, 5.41) is 9.87. The molecule has 3 N–H and O–H groups in total. The zero-order chi connectivity index (χ0) is 24.3. The Balaban J connectivity index is 1.02. The number of nitrogens with zero attached hydrogens (tertiary/aromatic N) is 2. The number of hydrogen-bond donors (Lipinski definition) is 3. The maximum Gasteiger partial charge on any atom is 0.253 e. The van der Waals surface area contributed by atoms with Crippen molar-refractivity contribution in [3.63, 3.8) is 0 Å². The molecule has 7 heteroatoms. The first-order valence-corrected chi connectivity index (χ1v) is 13.0. The Bertz CT molecular complexity index is 1240. The fourth-order valence-electron chi connectivity index (χ4n) is 5.40. The van der Waals surface area contributed by atoms with Crippen LogP contribution < -0.4 is 25.6 Å². The average Bonchev–Trinajstić information content (AvgIpc) is 3.40. The first-order valence-electron chi connectivity index (χ1n) is 13.0. The summed E-state index contributed by atoms with van der Waals surface area (Å²) in [6.07, 6.45) is 6.04. The molecule has 3 heterocycles. The Hall–Kier alpha value is -3.58. The van der Waals surface area contributed by atoms with Crippen LogP contribution in [0.25, 0.3) is 0 Å². The van der Waals surface area contributed by atoms with Crippen LogP contribution >= 0.6 is 0 Å². The molecule has 0 unspecified atom stereocenters. The van der Waals surface area contributed by atoms with Crippen molar-refractivity contribution in [3.8, 4) is 5.75 Å². The van der Waals surface area contributed by atoms with E-state index in [4.69, 9.17) is 4.74 Å². The highest BCUT2D eigenvalue weighted by molar-refractivity contribution is 5.94. The largest absolute Gasteiger partial charge is 0.491 e. The topological polar surface area (TPSA) is 78.5 Å². The van der Waals surface area contributed by atoms with Crippen LogP contribution in [0, 0.1) is 0 Å². The molecule has 1 amide bonds. The minimum atomic E-state index is -0.123. The van der Waals surface area contributed by atoms with Gasteiger partial charge < -0.3 is 25.6 Å². The molecule has 3 aliphatic rings. The lowest BCUT2D eigenvalue weighted by Gasteiger charge is -2.31. The predicted molar refractivity (Wildman–Crippen MR) is 142 cm³/mol. The molecule has 2 aromatic carbocycles. The molecule has 1 saturated heterocycles. The van der Waals surface area contributed by atoms with Gasteiger partial charge in [-0.3, -0.25) is 4.79 Å². The molecule has 0 spiro atoms. The molecule has 0 radical (unpaired) electrons. The number of nitrogens with one attached hydrogen (secondary N) is 3. The van der Waals surface area contributed by atoms with Gasteiger partial charge in [0.15, 0.2) is 0 Å². The van der Waals surface area contributed by atoms with Crippen molar-refractivity contribution in [1.29, 1.82) is 0 Å². The molecule has 1 aromatic heterocycles. The smallest absolute Gasteiger partial charge is 0.253 e. The minimum Gasteiger partial charge on any atom is -0.491 e. The van der Waals surface area contributed by atoms with E-state index in [0.29, 0.717) is 12.2 Å². The van der Waals surface area contributed by atoms with Gasteiger partial charge in [0.1, 0.15) is 18.2 Å². The Kier molecular flexibility index (Phi) is 6.47. The second-order valence-electron chi connectivity index (χ2n) is 9.96. The number of hydrogen-bond acceptors (Lipinski definition) is 6. The van der Waals surface area contributed by atoms with Gasteiger partial charge in [0.2, 0.25) is 0 Å². The predicted octanol–water partition coefficient (Wildman–Crippen LogP) is 3.33. The molecule has 0 saturated carbocycles. The number of ether oxygens (including phenoxy) is 1. The SMILES string of the molecule is O=C(N[C@H]1COc2cc(N3CCNCC3)ccc2C1)c1ccc(NCc2ccc3c(c2)CCC3)nc1. The van der Waals surface area contributed by atoms with Gasteiger partial charge in [-0.2, -0.15) is 0 Å². The van der Waals surface area contributed by atoms with Gasteiger partial charge in [-0.05, 0) is 66.1 Å². The van der Waals surface area contributed by atoms with E-state index in [-0.39, 0.29) is 11.9 Å². The summed E-state index contributed by atoms with van der Waals surface area (Å²) in [6, 6.07) is 16.8. The van der Waals surface area contributed by atoms with Crippen molar-refractivity contribution in [2.75, 3.05) is 43.0 Å². The van der Waals surface area contributed by atoms with Crippen LogP contribution in [-0.4, -0.2) is 49.7 Å². The molecule has 3 aromatic rings. The number of anilines is 2. The number of aryl methyl sites for hydroxylation is 2. The Labute approximate surface area is 212 Å². The molecule has 36 heavy (non-hydrogen) atoms. The Morgan fingerprint density at radius 2 is 1.89 bits per heavy atom. The third-order valence-electron chi connectivity index (χ3n) is 7.44. The number of benzene rings is 2. The maximum absolute atomic E-state index is 12.8. The number of amides is 1. The highest BCUT2D eigenvalue weighted by Gasteiger charge is 2.23. The van der Waals surface area contributed by atoms with E-state index in [0.717, 1.165) is 56.3 Å². The fourth-order valence-corrected chi connectivity index (χ4v) is 5.40. The summed E-state index contributed by atoms with van der Waals surface area (Å²) in [6.45, 7) is 5.22. The number of rotatable bonds is 6. The van der Waals surface area contributed by atoms with Crippen LogP contribution in [0.5, 0.6) is 5.75 Å². The monoisotopic (exact) mass is 483 g/mol. The zero-order valence-electron chi connectivity index (χ0n) is 20.6. The van der Waals surface area contributed by atoms with E-state index in [1.54, 1.807) is 6.20 Å². The number of carbonyl (C=O) groups excluding carboxylic acids is 1. The van der Waals surface area contributed by atoms with Gasteiger partial charge in [0.25, 0.3) is 5.91 Å². The van der Waals surface area contributed by atoms with Crippen LogP contribution in [0.15, 0.2) is 54.7 Å². The van der Waals surface area contributed by atoms with Crippen LogP contribution in [0.4, 0.5) is 11.5 Å². The highest BCUT2D eigenvalue weighted by atomic mass is 16.5. The van der Waals surface area contributed by atoms with E-state index in [2.05, 4.69) is 62.2 Å². The summed E-state index contributed by atoms with van der Waals surface area (Å²) in [4.78, 5) is 19.7. The molecule has 7 nitrogen and oxygen atoms in total. The van der Waals surface area contributed by atoms with Crippen molar-refractivity contribution in [2.24, 2.45) is 0 Å². The number of carbonyl (C=O) groups is 1. The molecule has 2 aliphatic heterocycles. The van der Waals surface area contributed by atoms with Gasteiger partial charge in [-0.25, -0.2) is 4.98 Å². The normalized spacial score (nSPS) is 18.7. The van der Waals surface area contributed by atoms with E-state index >= 15 is 0 Å². The minimum absolute atomic E-state index is 0.0624.